The van der Waals surface area contributed by atoms with Crippen molar-refractivity contribution in [1.82, 2.24) is 0 Å². The molecular formula is C8H15O2P. The Bertz CT molecular complexity index is 240. The largest absolute Gasteiger partial charge is 0.447 e. The normalized spacial score (nSPS) is 34.7. The fourth-order valence-corrected chi connectivity index (χ4v) is 3.52. The van der Waals surface area contributed by atoms with Crippen molar-refractivity contribution in [1.29, 1.82) is 0 Å². The van der Waals surface area contributed by atoms with E-state index in [1.54, 1.807) is 0 Å². The van der Waals surface area contributed by atoms with Crippen LogP contribution in [0.4, 0.5) is 0 Å². The molecular weight excluding hydrogens is 159 g/mol. The maximum Gasteiger partial charge on any atom is 0.256 e. The highest BCUT2D eigenvalue weighted by Crippen LogP contribution is 2.64. The minimum atomic E-state index is -2.40. The van der Waals surface area contributed by atoms with Crippen molar-refractivity contribution >= 4 is 7.37 Å². The zero-order valence-corrected chi connectivity index (χ0v) is 8.44. The summed E-state index contributed by atoms with van der Waals surface area (Å²) < 4.78 is 17.3. The van der Waals surface area contributed by atoms with E-state index in [2.05, 4.69) is 0 Å². The zero-order valence-electron chi connectivity index (χ0n) is 7.55. The van der Waals surface area contributed by atoms with Gasteiger partial charge in [0.1, 0.15) is 0 Å². The molecule has 0 aromatic heterocycles. The summed E-state index contributed by atoms with van der Waals surface area (Å²) in [5, 5.41) is -0.258. The van der Waals surface area contributed by atoms with Gasteiger partial charge in [-0.3, -0.25) is 4.57 Å². The fraction of sp³-hybridized carbons (Fsp3) is 0.750. The Kier molecular flexibility index (Phi) is 1.92. The van der Waals surface area contributed by atoms with Gasteiger partial charge in [0.15, 0.2) is 0 Å². The first-order valence-corrected chi connectivity index (χ1v) is 5.70. The van der Waals surface area contributed by atoms with Crippen molar-refractivity contribution in [2.24, 2.45) is 0 Å². The second-order valence-corrected chi connectivity index (χ2v) is 6.80. The molecule has 0 radical (unpaired) electrons. The van der Waals surface area contributed by atoms with E-state index in [1.165, 1.54) is 0 Å². The molecule has 0 aromatic rings. The minimum absolute atomic E-state index is 0.258. The molecule has 0 saturated heterocycles. The average Bonchev–Trinajstić information content (AvgIpc) is 2.03. The van der Waals surface area contributed by atoms with Crippen molar-refractivity contribution in [3.05, 3.63) is 11.8 Å². The molecule has 1 rings (SSSR count). The Morgan fingerprint density at radius 3 is 2.36 bits per heavy atom. The van der Waals surface area contributed by atoms with Crippen molar-refractivity contribution in [2.45, 2.75) is 32.9 Å². The van der Waals surface area contributed by atoms with Crippen molar-refractivity contribution < 1.29 is 9.09 Å². The molecule has 0 aliphatic carbocycles. The predicted molar refractivity (Wildman–Crippen MR) is 47.1 cm³/mol. The Labute approximate surface area is 68.1 Å². The van der Waals surface area contributed by atoms with E-state index in [4.69, 9.17) is 4.52 Å². The van der Waals surface area contributed by atoms with Crippen molar-refractivity contribution in [3.8, 4) is 0 Å². The summed E-state index contributed by atoms with van der Waals surface area (Å²) in [6.45, 7) is 7.70. The number of hydrogen-bond acceptors (Lipinski definition) is 2. The van der Waals surface area contributed by atoms with Gasteiger partial charge in [-0.2, -0.15) is 0 Å². The fourth-order valence-electron chi connectivity index (χ4n) is 1.44. The third-order valence-electron chi connectivity index (χ3n) is 2.14. The summed E-state index contributed by atoms with van der Waals surface area (Å²) in [7, 11) is -2.40. The van der Waals surface area contributed by atoms with E-state index >= 15 is 0 Å². The Balaban J connectivity index is 3.02. The van der Waals surface area contributed by atoms with Gasteiger partial charge in [-0.1, -0.05) is 6.92 Å². The molecule has 1 aliphatic heterocycles. The molecule has 1 heterocycles. The molecule has 0 spiro atoms. The van der Waals surface area contributed by atoms with Crippen LogP contribution < -0.4 is 0 Å². The highest BCUT2D eigenvalue weighted by Gasteiger charge is 2.44. The van der Waals surface area contributed by atoms with E-state index in [0.717, 1.165) is 5.76 Å². The topological polar surface area (TPSA) is 26.3 Å². The highest BCUT2D eigenvalue weighted by molar-refractivity contribution is 7.61. The first-order chi connectivity index (χ1) is 4.91. The average molecular weight is 174 g/mol. The van der Waals surface area contributed by atoms with Crippen LogP contribution in [0.2, 0.25) is 0 Å². The Morgan fingerprint density at radius 1 is 1.64 bits per heavy atom. The minimum Gasteiger partial charge on any atom is -0.447 e. The summed E-state index contributed by atoms with van der Waals surface area (Å²) in [5.41, 5.74) is 0. The molecule has 0 saturated carbocycles. The molecule has 1 unspecified atom stereocenters. The van der Waals surface area contributed by atoms with Gasteiger partial charge in [-0.05, 0) is 26.8 Å². The third-order valence-corrected chi connectivity index (χ3v) is 5.44. The second-order valence-electron chi connectivity index (χ2n) is 3.49. The first kappa shape index (κ1) is 8.86. The van der Waals surface area contributed by atoms with Crippen molar-refractivity contribution in [3.63, 3.8) is 0 Å². The van der Waals surface area contributed by atoms with Crippen LogP contribution in [0.3, 0.4) is 0 Å². The van der Waals surface area contributed by atoms with Crippen LogP contribution in [0.25, 0.3) is 0 Å². The van der Waals surface area contributed by atoms with Gasteiger partial charge >= 0.3 is 0 Å². The van der Waals surface area contributed by atoms with Gasteiger partial charge in [-0.25, -0.2) is 0 Å². The van der Waals surface area contributed by atoms with Gasteiger partial charge < -0.3 is 4.52 Å². The second kappa shape index (κ2) is 2.38. The molecule has 0 N–H and O–H groups in total. The number of hydrogen-bond donors (Lipinski definition) is 0. The van der Waals surface area contributed by atoms with Crippen LogP contribution in [0, 0.1) is 0 Å². The SMILES string of the molecule is CCP1(=O)OC(C)=CC1(C)C. The smallest absolute Gasteiger partial charge is 0.256 e. The third kappa shape index (κ3) is 1.24. The lowest BCUT2D eigenvalue weighted by atomic mass is 10.2. The van der Waals surface area contributed by atoms with Crippen LogP contribution in [-0.4, -0.2) is 11.3 Å². The maximum atomic E-state index is 12.0. The summed E-state index contributed by atoms with van der Waals surface area (Å²) in [6, 6.07) is 0. The van der Waals surface area contributed by atoms with Crippen LogP contribution >= 0.6 is 7.37 Å². The molecule has 11 heavy (non-hydrogen) atoms. The Hall–Kier alpha value is -0.230. The van der Waals surface area contributed by atoms with E-state index in [-0.39, 0.29) is 5.16 Å². The van der Waals surface area contributed by atoms with Crippen LogP contribution in [0.15, 0.2) is 11.8 Å². The van der Waals surface area contributed by atoms with E-state index in [0.29, 0.717) is 6.16 Å². The number of rotatable bonds is 1. The lowest BCUT2D eigenvalue weighted by Crippen LogP contribution is -2.14. The van der Waals surface area contributed by atoms with E-state index in [1.807, 2.05) is 33.8 Å². The molecule has 0 fully saturated rings. The van der Waals surface area contributed by atoms with Gasteiger partial charge in [0, 0.05) is 6.16 Å². The molecule has 0 bridgehead atoms. The zero-order chi connectivity index (χ0) is 8.70. The predicted octanol–water partition coefficient (Wildman–Crippen LogP) is 3.00. The molecule has 0 amide bonds. The molecule has 3 heteroatoms. The Morgan fingerprint density at radius 2 is 2.18 bits per heavy atom. The quantitative estimate of drug-likeness (QED) is 0.571. The summed E-state index contributed by atoms with van der Waals surface area (Å²) in [4.78, 5) is 0. The van der Waals surface area contributed by atoms with Crippen LogP contribution in [0.5, 0.6) is 0 Å². The van der Waals surface area contributed by atoms with Crippen LogP contribution in [-0.2, 0) is 9.09 Å². The summed E-state index contributed by atoms with van der Waals surface area (Å²) in [5.74, 6) is 0.806. The van der Waals surface area contributed by atoms with Gasteiger partial charge in [0.25, 0.3) is 7.37 Å². The maximum absolute atomic E-state index is 12.0. The molecule has 2 nitrogen and oxygen atoms in total. The number of allylic oxidation sites excluding steroid dienone is 2. The highest BCUT2D eigenvalue weighted by atomic mass is 31.2. The lowest BCUT2D eigenvalue weighted by molar-refractivity contribution is 0.412. The standard InChI is InChI=1S/C8H15O2P/c1-5-11(9)8(3,4)6-7(2)10-11/h6H,5H2,1-4H3. The van der Waals surface area contributed by atoms with E-state index < -0.39 is 7.37 Å². The van der Waals surface area contributed by atoms with Gasteiger partial charge in [-0.15, -0.1) is 0 Å². The summed E-state index contributed by atoms with van der Waals surface area (Å²) >= 11 is 0. The van der Waals surface area contributed by atoms with Gasteiger partial charge in [0.2, 0.25) is 0 Å². The molecule has 0 aromatic carbocycles. The first-order valence-electron chi connectivity index (χ1n) is 3.89. The molecule has 1 atom stereocenters. The molecule has 1 aliphatic rings. The monoisotopic (exact) mass is 174 g/mol. The van der Waals surface area contributed by atoms with Gasteiger partial charge in [0.05, 0.1) is 10.9 Å². The lowest BCUT2D eigenvalue weighted by Gasteiger charge is -2.23. The van der Waals surface area contributed by atoms with E-state index in [9.17, 15) is 4.57 Å². The summed E-state index contributed by atoms with van der Waals surface area (Å²) in [6.07, 6.45) is 2.57. The van der Waals surface area contributed by atoms with Crippen molar-refractivity contribution in [2.75, 3.05) is 6.16 Å². The van der Waals surface area contributed by atoms with Crippen LogP contribution in [0.1, 0.15) is 27.7 Å². The molecule has 64 valence electrons.